The van der Waals surface area contributed by atoms with E-state index >= 15 is 0 Å². The molecule has 0 aliphatic heterocycles. The van der Waals surface area contributed by atoms with Gasteiger partial charge in [-0.2, -0.15) is 0 Å². The maximum absolute atomic E-state index is 11.9. The van der Waals surface area contributed by atoms with E-state index in [4.69, 9.17) is 20.2 Å². The number of methoxy groups -OCH3 is 1. The normalized spacial score (nSPS) is 11.4. The summed E-state index contributed by atoms with van der Waals surface area (Å²) >= 11 is 3.15. The van der Waals surface area contributed by atoms with E-state index in [2.05, 4.69) is 15.9 Å². The van der Waals surface area contributed by atoms with Crippen molar-refractivity contribution in [2.24, 2.45) is 0 Å². The molecule has 1 aromatic rings. The van der Waals surface area contributed by atoms with Crippen molar-refractivity contribution >= 4 is 41.6 Å². The van der Waals surface area contributed by atoms with Gasteiger partial charge in [-0.15, -0.1) is 0 Å². The van der Waals surface area contributed by atoms with Crippen molar-refractivity contribution in [3.05, 3.63) is 27.7 Å². The summed E-state index contributed by atoms with van der Waals surface area (Å²) in [7, 11) is 2.97. The third kappa shape index (κ3) is 4.73. The molecular weight excluding hydrogens is 372 g/mol. The molecule has 0 aromatic heterocycles. The van der Waals surface area contributed by atoms with E-state index in [1.807, 2.05) is 0 Å². The van der Waals surface area contributed by atoms with E-state index in [-0.39, 0.29) is 22.6 Å². The SMILES string of the molecule is COCCCOC(=O)c1cc(Br)cc(S(=O)(=O)Cl)c1C. The molecule has 0 radical (unpaired) electrons. The number of halogens is 2. The summed E-state index contributed by atoms with van der Waals surface area (Å²) in [6.45, 7) is 2.18. The van der Waals surface area contributed by atoms with Gasteiger partial charge in [0.15, 0.2) is 0 Å². The molecule has 0 atom stereocenters. The summed E-state index contributed by atoms with van der Waals surface area (Å²) in [6, 6.07) is 2.85. The van der Waals surface area contributed by atoms with Crippen molar-refractivity contribution in [2.45, 2.75) is 18.2 Å². The van der Waals surface area contributed by atoms with E-state index < -0.39 is 15.0 Å². The van der Waals surface area contributed by atoms with Crippen molar-refractivity contribution in [2.75, 3.05) is 20.3 Å². The van der Waals surface area contributed by atoms with E-state index in [9.17, 15) is 13.2 Å². The highest BCUT2D eigenvalue weighted by molar-refractivity contribution is 9.10. The zero-order valence-corrected chi connectivity index (χ0v) is 14.1. The van der Waals surface area contributed by atoms with Crippen LogP contribution in [0.25, 0.3) is 0 Å². The number of ether oxygens (including phenoxy) is 2. The molecule has 0 aliphatic carbocycles. The third-order valence-corrected chi connectivity index (χ3v) is 4.44. The topological polar surface area (TPSA) is 69.7 Å². The Kier molecular flexibility index (Phi) is 6.44. The standard InChI is InChI=1S/C12H14BrClO5S/c1-8-10(12(15)19-5-3-4-18-2)6-9(13)7-11(8)20(14,16)17/h6-7H,3-5H2,1-2H3. The highest BCUT2D eigenvalue weighted by atomic mass is 79.9. The van der Waals surface area contributed by atoms with E-state index in [1.165, 1.54) is 19.1 Å². The minimum Gasteiger partial charge on any atom is -0.462 e. The lowest BCUT2D eigenvalue weighted by Crippen LogP contribution is -2.11. The van der Waals surface area contributed by atoms with Gasteiger partial charge in [0.1, 0.15) is 0 Å². The Morgan fingerprint density at radius 2 is 2.00 bits per heavy atom. The Morgan fingerprint density at radius 1 is 1.35 bits per heavy atom. The van der Waals surface area contributed by atoms with Gasteiger partial charge < -0.3 is 9.47 Å². The second-order valence-corrected chi connectivity index (χ2v) is 7.45. The molecule has 0 spiro atoms. The van der Waals surface area contributed by atoms with E-state index in [1.54, 1.807) is 7.11 Å². The number of benzene rings is 1. The fraction of sp³-hybridized carbons (Fsp3) is 0.417. The smallest absolute Gasteiger partial charge is 0.338 e. The Bertz CT molecular complexity index is 600. The molecular formula is C12H14BrClO5S. The molecule has 0 bridgehead atoms. The number of esters is 1. The minimum atomic E-state index is -3.93. The summed E-state index contributed by atoms with van der Waals surface area (Å²) in [6.07, 6.45) is 0.565. The Morgan fingerprint density at radius 3 is 2.55 bits per heavy atom. The molecule has 0 unspecified atom stereocenters. The Balaban J connectivity index is 3.01. The molecule has 0 saturated carbocycles. The quantitative estimate of drug-likeness (QED) is 0.428. The lowest BCUT2D eigenvalue weighted by atomic mass is 10.1. The molecule has 20 heavy (non-hydrogen) atoms. The van der Waals surface area contributed by atoms with Crippen LogP contribution in [-0.4, -0.2) is 34.7 Å². The summed E-state index contributed by atoms with van der Waals surface area (Å²) in [5, 5.41) is 0. The van der Waals surface area contributed by atoms with Crippen LogP contribution in [0.2, 0.25) is 0 Å². The van der Waals surface area contributed by atoms with Crippen molar-refractivity contribution in [1.82, 2.24) is 0 Å². The number of rotatable bonds is 6. The zero-order chi connectivity index (χ0) is 15.3. The summed E-state index contributed by atoms with van der Waals surface area (Å²) < 4.78 is 33.2. The van der Waals surface area contributed by atoms with Crippen LogP contribution in [0.15, 0.2) is 21.5 Å². The van der Waals surface area contributed by atoms with Gasteiger partial charge in [-0.1, -0.05) is 15.9 Å². The average Bonchev–Trinajstić information content (AvgIpc) is 2.35. The van der Waals surface area contributed by atoms with Crippen molar-refractivity contribution in [3.8, 4) is 0 Å². The van der Waals surface area contributed by atoms with Crippen molar-refractivity contribution < 1.29 is 22.7 Å². The first-order valence-electron chi connectivity index (χ1n) is 5.68. The van der Waals surface area contributed by atoms with E-state index in [0.29, 0.717) is 17.5 Å². The fourth-order valence-corrected chi connectivity index (χ4v) is 3.40. The largest absolute Gasteiger partial charge is 0.462 e. The second-order valence-electron chi connectivity index (χ2n) is 4.00. The maximum atomic E-state index is 11.9. The molecule has 112 valence electrons. The van der Waals surface area contributed by atoms with Crippen molar-refractivity contribution in [1.29, 1.82) is 0 Å². The molecule has 1 rings (SSSR count). The highest BCUT2D eigenvalue weighted by Gasteiger charge is 2.21. The zero-order valence-electron chi connectivity index (χ0n) is 11.0. The van der Waals surface area contributed by atoms with Gasteiger partial charge in [0.05, 0.1) is 17.1 Å². The molecule has 1 aromatic carbocycles. The van der Waals surface area contributed by atoms with Crippen LogP contribution in [0, 0.1) is 6.92 Å². The minimum absolute atomic E-state index is 0.114. The van der Waals surface area contributed by atoms with E-state index in [0.717, 1.165) is 0 Å². The van der Waals surface area contributed by atoms with Crippen LogP contribution >= 0.6 is 26.6 Å². The Labute approximate surface area is 130 Å². The number of carbonyl (C=O) groups excluding carboxylic acids is 1. The lowest BCUT2D eigenvalue weighted by Gasteiger charge is -2.10. The van der Waals surface area contributed by atoms with Crippen LogP contribution < -0.4 is 0 Å². The van der Waals surface area contributed by atoms with Crippen LogP contribution in [0.4, 0.5) is 0 Å². The number of hydrogen-bond donors (Lipinski definition) is 0. The Hall–Kier alpha value is -0.630. The predicted octanol–water partition coefficient (Wildman–Crippen LogP) is 2.88. The first kappa shape index (κ1) is 17.4. The second kappa shape index (κ2) is 7.40. The van der Waals surface area contributed by atoms with Crippen LogP contribution in [0.1, 0.15) is 22.3 Å². The van der Waals surface area contributed by atoms with Gasteiger partial charge in [-0.05, 0) is 24.6 Å². The monoisotopic (exact) mass is 384 g/mol. The average molecular weight is 386 g/mol. The van der Waals surface area contributed by atoms with Gasteiger partial charge in [0.2, 0.25) is 0 Å². The number of hydrogen-bond acceptors (Lipinski definition) is 5. The highest BCUT2D eigenvalue weighted by Crippen LogP contribution is 2.27. The van der Waals surface area contributed by atoms with Gasteiger partial charge in [-0.25, -0.2) is 13.2 Å². The summed E-state index contributed by atoms with van der Waals surface area (Å²) in [5.41, 5.74) is 0.427. The summed E-state index contributed by atoms with van der Waals surface area (Å²) in [4.78, 5) is 11.8. The summed E-state index contributed by atoms with van der Waals surface area (Å²) in [5.74, 6) is -0.596. The lowest BCUT2D eigenvalue weighted by molar-refractivity contribution is 0.0467. The molecule has 0 heterocycles. The molecule has 0 amide bonds. The molecule has 5 nitrogen and oxygen atoms in total. The molecule has 0 aliphatic rings. The van der Waals surface area contributed by atoms with Gasteiger partial charge in [0, 0.05) is 35.3 Å². The maximum Gasteiger partial charge on any atom is 0.338 e. The van der Waals surface area contributed by atoms with Gasteiger partial charge in [-0.3, -0.25) is 0 Å². The third-order valence-electron chi connectivity index (χ3n) is 2.53. The predicted molar refractivity (Wildman–Crippen MR) is 78.7 cm³/mol. The van der Waals surface area contributed by atoms with Gasteiger partial charge in [0.25, 0.3) is 9.05 Å². The molecule has 8 heteroatoms. The van der Waals surface area contributed by atoms with Crippen LogP contribution in [0.3, 0.4) is 0 Å². The number of carbonyl (C=O) groups is 1. The first-order chi connectivity index (χ1) is 9.27. The fourth-order valence-electron chi connectivity index (χ4n) is 1.57. The molecule has 0 fully saturated rings. The van der Waals surface area contributed by atoms with Crippen LogP contribution in [-0.2, 0) is 18.5 Å². The van der Waals surface area contributed by atoms with Gasteiger partial charge >= 0.3 is 5.97 Å². The van der Waals surface area contributed by atoms with Crippen molar-refractivity contribution in [3.63, 3.8) is 0 Å². The molecule has 0 saturated heterocycles. The first-order valence-corrected chi connectivity index (χ1v) is 8.78. The van der Waals surface area contributed by atoms with Crippen LogP contribution in [0.5, 0.6) is 0 Å². The molecule has 0 N–H and O–H groups in total.